The Morgan fingerprint density at radius 1 is 1.22 bits per heavy atom. The Hall–Kier alpha value is -4.02. The van der Waals surface area contributed by atoms with E-state index in [-0.39, 0.29) is 23.3 Å². The fourth-order valence-electron chi connectivity index (χ4n) is 4.68. The summed E-state index contributed by atoms with van der Waals surface area (Å²) in [6.45, 7) is 2.76. The van der Waals surface area contributed by atoms with E-state index in [0.717, 1.165) is 12.8 Å². The number of aromatic nitrogens is 1. The number of nitrogens with zero attached hydrogens (tertiary/aromatic N) is 2. The van der Waals surface area contributed by atoms with E-state index < -0.39 is 11.8 Å². The Labute approximate surface area is 216 Å². The van der Waals surface area contributed by atoms with E-state index in [4.69, 9.17) is 9.47 Å². The van der Waals surface area contributed by atoms with Crippen molar-refractivity contribution < 1.29 is 23.5 Å². The van der Waals surface area contributed by atoms with E-state index >= 15 is 4.39 Å². The molecule has 10 heteroatoms. The van der Waals surface area contributed by atoms with Gasteiger partial charge in [-0.2, -0.15) is 0 Å². The molecule has 2 aliphatic rings. The molecule has 37 heavy (non-hydrogen) atoms. The van der Waals surface area contributed by atoms with Crippen LogP contribution in [0, 0.1) is 12.7 Å². The van der Waals surface area contributed by atoms with Gasteiger partial charge >= 0.3 is 6.03 Å². The molecule has 1 atom stereocenters. The van der Waals surface area contributed by atoms with Crippen molar-refractivity contribution in [2.24, 2.45) is 0 Å². The molecule has 0 saturated carbocycles. The summed E-state index contributed by atoms with van der Waals surface area (Å²) in [6.07, 6.45) is 3.30. The normalized spacial score (nSPS) is 17.0. The number of halogens is 1. The smallest absolute Gasteiger partial charge is 0.331 e. The topological polar surface area (TPSA) is 92.8 Å². The van der Waals surface area contributed by atoms with Crippen LogP contribution in [0.3, 0.4) is 0 Å². The maximum absolute atomic E-state index is 15.4. The van der Waals surface area contributed by atoms with Crippen LogP contribution in [0.15, 0.2) is 54.7 Å². The van der Waals surface area contributed by atoms with Crippen LogP contribution in [0.4, 0.5) is 26.2 Å². The molecule has 0 spiro atoms. The van der Waals surface area contributed by atoms with Gasteiger partial charge in [-0.3, -0.25) is 9.69 Å². The predicted octanol–water partition coefficient (Wildman–Crippen LogP) is 6.13. The molecule has 0 bridgehead atoms. The molecular formula is C27H23FN4O4S. The minimum absolute atomic E-state index is 0.0617. The summed E-state index contributed by atoms with van der Waals surface area (Å²) in [7, 11) is 0. The third kappa shape index (κ3) is 4.17. The van der Waals surface area contributed by atoms with Crippen LogP contribution in [-0.4, -0.2) is 36.2 Å². The molecule has 8 nitrogen and oxygen atoms in total. The zero-order valence-electron chi connectivity index (χ0n) is 19.9. The molecule has 2 aromatic carbocycles. The van der Waals surface area contributed by atoms with Gasteiger partial charge in [0.1, 0.15) is 15.5 Å². The van der Waals surface area contributed by atoms with Crippen LogP contribution in [0.1, 0.15) is 28.1 Å². The van der Waals surface area contributed by atoms with Crippen LogP contribution in [-0.2, 0) is 4.74 Å². The number of carbonyl (C=O) groups excluding carboxylic acids is 2. The molecule has 4 aromatic rings. The highest BCUT2D eigenvalue weighted by atomic mass is 32.1. The van der Waals surface area contributed by atoms with Crippen molar-refractivity contribution in [1.29, 1.82) is 0 Å². The van der Waals surface area contributed by atoms with Crippen molar-refractivity contribution in [3.63, 3.8) is 0 Å². The highest BCUT2D eigenvalue weighted by molar-refractivity contribution is 7.21. The van der Waals surface area contributed by atoms with Gasteiger partial charge in [0.15, 0.2) is 11.6 Å². The number of thiophene rings is 1. The molecule has 6 rings (SSSR count). The highest BCUT2D eigenvalue weighted by Gasteiger charge is 2.34. The van der Waals surface area contributed by atoms with Gasteiger partial charge in [0.05, 0.1) is 35.1 Å². The Morgan fingerprint density at radius 2 is 2.05 bits per heavy atom. The van der Waals surface area contributed by atoms with E-state index in [9.17, 15) is 9.59 Å². The minimum atomic E-state index is -0.565. The number of benzene rings is 2. The first-order valence-electron chi connectivity index (χ1n) is 11.9. The first-order chi connectivity index (χ1) is 18.0. The SMILES string of the molecule is Cc1c(N2C(=O)Nc3c(C(=O)N[C@H]4CCCOC4)sc4nccc2c34)ccc(Oc2ccccc2)c1F. The summed E-state index contributed by atoms with van der Waals surface area (Å²) in [5.74, 6) is -0.275. The Balaban J connectivity index is 1.37. The van der Waals surface area contributed by atoms with Gasteiger partial charge in [-0.05, 0) is 50.1 Å². The third-order valence-corrected chi connectivity index (χ3v) is 7.58. The second-order valence-electron chi connectivity index (χ2n) is 8.91. The number of hydrogen-bond acceptors (Lipinski definition) is 6. The standard InChI is InChI=1S/C27H23FN4O4S/c1-15-18(9-10-20(22(15)28)36-17-7-3-2-4-8-17)32-19-11-12-29-26-21(19)23(31-27(32)34)24(37-26)25(33)30-16-6-5-13-35-14-16/h2-4,7-12,16H,5-6,13-14H2,1H3,(H,30,33)(H,31,34)/t16-/m0/s1. The lowest BCUT2D eigenvalue weighted by atomic mass is 10.1. The lowest BCUT2D eigenvalue weighted by molar-refractivity contribution is 0.0626. The van der Waals surface area contributed by atoms with Crippen LogP contribution in [0.5, 0.6) is 11.5 Å². The summed E-state index contributed by atoms with van der Waals surface area (Å²) in [5.41, 5.74) is 1.56. The lowest BCUT2D eigenvalue weighted by Crippen LogP contribution is -2.41. The lowest BCUT2D eigenvalue weighted by Gasteiger charge is -2.30. The number of ether oxygens (including phenoxy) is 2. The van der Waals surface area contributed by atoms with Gasteiger partial charge < -0.3 is 20.1 Å². The van der Waals surface area contributed by atoms with Gasteiger partial charge in [-0.15, -0.1) is 11.3 Å². The van der Waals surface area contributed by atoms with Gasteiger partial charge in [-0.1, -0.05) is 18.2 Å². The van der Waals surface area contributed by atoms with Gasteiger partial charge in [-0.25, -0.2) is 14.2 Å². The molecule has 2 aromatic heterocycles. The molecule has 188 valence electrons. The quantitative estimate of drug-likeness (QED) is 0.332. The van der Waals surface area contributed by atoms with Gasteiger partial charge in [0, 0.05) is 18.4 Å². The predicted molar refractivity (Wildman–Crippen MR) is 140 cm³/mol. The maximum atomic E-state index is 15.4. The second-order valence-corrected chi connectivity index (χ2v) is 9.91. The Bertz CT molecular complexity index is 1520. The summed E-state index contributed by atoms with van der Waals surface area (Å²) in [6, 6.07) is 13.2. The fraction of sp³-hybridized carbons (Fsp3) is 0.222. The van der Waals surface area contributed by atoms with Crippen LogP contribution in [0.2, 0.25) is 0 Å². The van der Waals surface area contributed by atoms with Gasteiger partial charge in [0.2, 0.25) is 0 Å². The number of amides is 3. The summed E-state index contributed by atoms with van der Waals surface area (Å²) in [5, 5.41) is 6.50. The van der Waals surface area contributed by atoms with Crippen molar-refractivity contribution in [2.45, 2.75) is 25.8 Å². The van der Waals surface area contributed by atoms with E-state index in [1.165, 1.54) is 22.3 Å². The number of urea groups is 1. The van der Waals surface area contributed by atoms with E-state index in [1.54, 1.807) is 49.5 Å². The number of pyridine rings is 1. The number of carbonyl (C=O) groups is 2. The van der Waals surface area contributed by atoms with Crippen LogP contribution < -0.4 is 20.3 Å². The van der Waals surface area contributed by atoms with Gasteiger partial charge in [0.25, 0.3) is 5.91 Å². The minimum Gasteiger partial charge on any atom is -0.454 e. The monoisotopic (exact) mass is 518 g/mol. The van der Waals surface area contributed by atoms with E-state index in [2.05, 4.69) is 15.6 Å². The molecule has 1 saturated heterocycles. The summed E-state index contributed by atoms with van der Waals surface area (Å²) >= 11 is 1.21. The average molecular weight is 519 g/mol. The molecule has 0 unspecified atom stereocenters. The van der Waals surface area contributed by atoms with E-state index in [0.29, 0.717) is 51.1 Å². The molecule has 0 radical (unpaired) electrons. The molecule has 0 aliphatic carbocycles. The zero-order chi connectivity index (χ0) is 25.5. The van der Waals surface area contributed by atoms with Crippen LogP contribution >= 0.6 is 11.3 Å². The zero-order valence-corrected chi connectivity index (χ0v) is 20.7. The number of rotatable bonds is 5. The van der Waals surface area contributed by atoms with Crippen molar-refractivity contribution >= 4 is 50.6 Å². The number of hydrogen-bond donors (Lipinski definition) is 2. The average Bonchev–Trinajstić information content (AvgIpc) is 3.28. The van der Waals surface area contributed by atoms with Crippen molar-refractivity contribution in [3.8, 4) is 11.5 Å². The van der Waals surface area contributed by atoms with Crippen LogP contribution in [0.25, 0.3) is 10.2 Å². The van der Waals surface area contributed by atoms with Crippen molar-refractivity contribution in [1.82, 2.24) is 10.3 Å². The highest BCUT2D eigenvalue weighted by Crippen LogP contribution is 2.47. The molecular weight excluding hydrogens is 495 g/mol. The molecule has 4 heterocycles. The number of nitrogens with one attached hydrogen (secondary N) is 2. The Kier molecular flexibility index (Phi) is 5.97. The molecule has 2 N–H and O–H groups in total. The second kappa shape index (κ2) is 9.45. The molecule has 2 aliphatic heterocycles. The first kappa shape index (κ1) is 23.4. The largest absolute Gasteiger partial charge is 0.454 e. The summed E-state index contributed by atoms with van der Waals surface area (Å²) in [4.78, 5) is 33.3. The fourth-order valence-corrected chi connectivity index (χ4v) is 5.70. The maximum Gasteiger partial charge on any atom is 0.331 e. The van der Waals surface area contributed by atoms with Crippen molar-refractivity contribution in [3.05, 3.63) is 71.0 Å². The molecule has 1 fully saturated rings. The Morgan fingerprint density at radius 3 is 2.84 bits per heavy atom. The summed E-state index contributed by atoms with van der Waals surface area (Å²) < 4.78 is 26.6. The van der Waals surface area contributed by atoms with E-state index in [1.807, 2.05) is 6.07 Å². The number of para-hydroxylation sites is 1. The third-order valence-electron chi connectivity index (χ3n) is 6.48. The number of anilines is 3. The van der Waals surface area contributed by atoms with Crippen molar-refractivity contribution in [2.75, 3.05) is 23.4 Å². The molecule has 3 amide bonds. The first-order valence-corrected chi connectivity index (χ1v) is 12.8.